The lowest BCUT2D eigenvalue weighted by atomic mass is 10.2. The van der Waals surface area contributed by atoms with E-state index in [2.05, 4.69) is 5.32 Å². The molecule has 1 aliphatic heterocycles. The highest BCUT2D eigenvalue weighted by Crippen LogP contribution is 2.26. The summed E-state index contributed by atoms with van der Waals surface area (Å²) >= 11 is 0. The van der Waals surface area contributed by atoms with E-state index in [1.165, 1.54) is 12.1 Å². The van der Waals surface area contributed by atoms with Gasteiger partial charge in [-0.25, -0.2) is 9.69 Å². The molecular weight excluding hydrogens is 348 g/mol. The molecule has 0 radical (unpaired) electrons. The second-order valence-electron chi connectivity index (χ2n) is 5.97. The van der Waals surface area contributed by atoms with Crippen molar-refractivity contribution in [2.45, 2.75) is 19.4 Å². The molecule has 7 nitrogen and oxygen atoms in total. The van der Waals surface area contributed by atoms with Crippen molar-refractivity contribution in [3.63, 3.8) is 0 Å². The Morgan fingerprint density at radius 3 is 2.59 bits per heavy atom. The molecule has 1 atom stereocenters. The molecule has 0 saturated carbocycles. The van der Waals surface area contributed by atoms with Gasteiger partial charge in [0.05, 0.1) is 31.4 Å². The number of nitrogens with zero attached hydrogens (tertiary/aromatic N) is 1. The number of benzene rings is 2. The zero-order valence-electron chi connectivity index (χ0n) is 15.1. The normalized spacial score (nSPS) is 16.4. The van der Waals surface area contributed by atoms with E-state index in [0.29, 0.717) is 22.7 Å². The zero-order chi connectivity index (χ0) is 19.4. The molecule has 2 aromatic carbocycles. The fourth-order valence-corrected chi connectivity index (χ4v) is 2.89. The van der Waals surface area contributed by atoms with Gasteiger partial charge in [0.15, 0.2) is 0 Å². The molecule has 0 unspecified atom stereocenters. The van der Waals surface area contributed by atoms with Gasteiger partial charge in [-0.15, -0.1) is 0 Å². The van der Waals surface area contributed by atoms with Gasteiger partial charge in [-0.2, -0.15) is 0 Å². The van der Waals surface area contributed by atoms with Gasteiger partial charge in [0.2, 0.25) is 5.91 Å². The Morgan fingerprint density at radius 1 is 1.19 bits per heavy atom. The lowest BCUT2D eigenvalue weighted by molar-refractivity contribution is -0.121. The molecule has 27 heavy (non-hydrogen) atoms. The van der Waals surface area contributed by atoms with E-state index < -0.39 is 12.0 Å². The van der Waals surface area contributed by atoms with Crippen LogP contribution >= 0.6 is 0 Å². The predicted molar refractivity (Wildman–Crippen MR) is 99.9 cm³/mol. The number of carbonyl (C=O) groups excluding carboxylic acids is 3. The molecule has 140 valence electrons. The quantitative estimate of drug-likeness (QED) is 0.623. The number of ether oxygens (including phenoxy) is 2. The van der Waals surface area contributed by atoms with Crippen LogP contribution in [-0.4, -0.2) is 37.5 Å². The third-order valence-electron chi connectivity index (χ3n) is 4.19. The average Bonchev–Trinajstić information content (AvgIpc) is 2.95. The van der Waals surface area contributed by atoms with Gasteiger partial charge in [0.25, 0.3) is 5.91 Å². The molecule has 2 aromatic rings. The fourth-order valence-electron chi connectivity index (χ4n) is 2.89. The van der Waals surface area contributed by atoms with Crippen molar-refractivity contribution in [3.8, 4) is 5.75 Å². The summed E-state index contributed by atoms with van der Waals surface area (Å²) in [5.74, 6) is -0.431. The van der Waals surface area contributed by atoms with Gasteiger partial charge in [-0.05, 0) is 43.3 Å². The van der Waals surface area contributed by atoms with Crippen LogP contribution < -0.4 is 15.0 Å². The Morgan fingerprint density at radius 2 is 1.93 bits per heavy atom. The Balaban J connectivity index is 1.74. The first-order valence-corrected chi connectivity index (χ1v) is 8.58. The lowest BCUT2D eigenvalue weighted by Gasteiger charge is -2.16. The molecule has 3 rings (SSSR count). The maximum Gasteiger partial charge on any atom is 0.338 e. The monoisotopic (exact) mass is 368 g/mol. The van der Waals surface area contributed by atoms with Crippen LogP contribution in [0, 0.1) is 0 Å². The molecule has 1 N–H and O–H groups in total. The van der Waals surface area contributed by atoms with E-state index in [1.807, 2.05) is 0 Å². The fraction of sp³-hybridized carbons (Fsp3) is 0.250. The first-order valence-electron chi connectivity index (χ1n) is 8.58. The second kappa shape index (κ2) is 7.90. The molecule has 1 saturated heterocycles. The number of rotatable bonds is 6. The van der Waals surface area contributed by atoms with Crippen molar-refractivity contribution in [3.05, 3.63) is 54.1 Å². The predicted octanol–water partition coefficient (Wildman–Crippen LogP) is 2.62. The molecule has 0 aliphatic carbocycles. The number of nitrogens with one attached hydrogen (secondary N) is 1. The standard InChI is InChI=1S/C20H20N2O5/c1-3-27-20(25)13-7-9-15(10-8-13)22-18(23)12-17(19(22)24)21-14-5-4-6-16(11-14)26-2/h4-11,17,21H,3,12H2,1-2H3/t17-/m1/s1. The third kappa shape index (κ3) is 3.92. The number of imide groups is 1. The summed E-state index contributed by atoms with van der Waals surface area (Å²) in [5.41, 5.74) is 1.48. The summed E-state index contributed by atoms with van der Waals surface area (Å²) in [5, 5.41) is 3.08. The first-order chi connectivity index (χ1) is 13.0. The van der Waals surface area contributed by atoms with E-state index in [9.17, 15) is 14.4 Å². The van der Waals surface area contributed by atoms with Crippen molar-refractivity contribution >= 4 is 29.2 Å². The number of amides is 2. The first kappa shape index (κ1) is 18.4. The largest absolute Gasteiger partial charge is 0.497 e. The SMILES string of the molecule is CCOC(=O)c1ccc(N2C(=O)C[C@@H](Nc3cccc(OC)c3)C2=O)cc1. The van der Waals surface area contributed by atoms with Crippen LogP contribution in [0.4, 0.5) is 11.4 Å². The van der Waals surface area contributed by atoms with Crippen LogP contribution in [0.1, 0.15) is 23.7 Å². The summed E-state index contributed by atoms with van der Waals surface area (Å²) in [7, 11) is 1.56. The van der Waals surface area contributed by atoms with Crippen molar-refractivity contribution in [2.24, 2.45) is 0 Å². The number of anilines is 2. The minimum absolute atomic E-state index is 0.0513. The van der Waals surface area contributed by atoms with Gasteiger partial charge in [-0.1, -0.05) is 6.07 Å². The maximum atomic E-state index is 12.7. The van der Waals surface area contributed by atoms with Crippen LogP contribution in [0.5, 0.6) is 5.75 Å². The van der Waals surface area contributed by atoms with Crippen LogP contribution in [0.15, 0.2) is 48.5 Å². The molecule has 0 bridgehead atoms. The lowest BCUT2D eigenvalue weighted by Crippen LogP contribution is -2.34. The van der Waals surface area contributed by atoms with E-state index in [-0.39, 0.29) is 24.8 Å². The van der Waals surface area contributed by atoms with Crippen LogP contribution in [0.25, 0.3) is 0 Å². The highest BCUT2D eigenvalue weighted by molar-refractivity contribution is 6.23. The Labute approximate surface area is 156 Å². The topological polar surface area (TPSA) is 84.9 Å². The van der Waals surface area contributed by atoms with Gasteiger partial charge in [-0.3, -0.25) is 9.59 Å². The summed E-state index contributed by atoms with van der Waals surface area (Å²) < 4.78 is 10.1. The number of esters is 1. The molecule has 2 amide bonds. The molecule has 0 spiro atoms. The Bertz CT molecular complexity index is 863. The summed E-state index contributed by atoms with van der Waals surface area (Å²) in [6.45, 7) is 2.00. The van der Waals surface area contributed by atoms with Crippen molar-refractivity contribution in [1.82, 2.24) is 0 Å². The van der Waals surface area contributed by atoms with Crippen molar-refractivity contribution < 1.29 is 23.9 Å². The number of hydrogen-bond donors (Lipinski definition) is 1. The Hall–Kier alpha value is -3.35. The van der Waals surface area contributed by atoms with Crippen LogP contribution in [-0.2, 0) is 14.3 Å². The van der Waals surface area contributed by atoms with E-state index in [4.69, 9.17) is 9.47 Å². The molecule has 1 heterocycles. The van der Waals surface area contributed by atoms with E-state index in [0.717, 1.165) is 4.90 Å². The van der Waals surface area contributed by atoms with Crippen molar-refractivity contribution in [2.75, 3.05) is 23.9 Å². The number of methoxy groups -OCH3 is 1. The van der Waals surface area contributed by atoms with Crippen LogP contribution in [0.2, 0.25) is 0 Å². The Kier molecular flexibility index (Phi) is 5.40. The highest BCUT2D eigenvalue weighted by atomic mass is 16.5. The van der Waals surface area contributed by atoms with Gasteiger partial charge in [0, 0.05) is 11.8 Å². The summed E-state index contributed by atoms with van der Waals surface area (Å²) in [4.78, 5) is 38.0. The average molecular weight is 368 g/mol. The molecule has 1 aliphatic rings. The summed E-state index contributed by atoms with van der Waals surface area (Å²) in [6, 6.07) is 12.7. The zero-order valence-corrected chi connectivity index (χ0v) is 15.1. The van der Waals surface area contributed by atoms with Gasteiger partial charge >= 0.3 is 5.97 Å². The minimum Gasteiger partial charge on any atom is -0.497 e. The smallest absolute Gasteiger partial charge is 0.338 e. The van der Waals surface area contributed by atoms with E-state index in [1.54, 1.807) is 50.4 Å². The minimum atomic E-state index is -0.658. The number of carbonyl (C=O) groups is 3. The third-order valence-corrected chi connectivity index (χ3v) is 4.19. The second-order valence-corrected chi connectivity index (χ2v) is 5.97. The summed E-state index contributed by atoms with van der Waals surface area (Å²) in [6.07, 6.45) is 0.0513. The highest BCUT2D eigenvalue weighted by Gasteiger charge is 2.39. The van der Waals surface area contributed by atoms with Gasteiger partial charge in [0.1, 0.15) is 11.8 Å². The molecule has 1 fully saturated rings. The maximum absolute atomic E-state index is 12.7. The number of hydrogen-bond acceptors (Lipinski definition) is 6. The van der Waals surface area contributed by atoms with Gasteiger partial charge < -0.3 is 14.8 Å². The van der Waals surface area contributed by atoms with Crippen molar-refractivity contribution in [1.29, 1.82) is 0 Å². The molecular formula is C20H20N2O5. The molecule has 0 aromatic heterocycles. The van der Waals surface area contributed by atoms with Crippen LogP contribution in [0.3, 0.4) is 0 Å². The molecule has 7 heteroatoms. The van der Waals surface area contributed by atoms with E-state index >= 15 is 0 Å².